The minimum atomic E-state index is -0.610. The summed E-state index contributed by atoms with van der Waals surface area (Å²) in [7, 11) is 0. The summed E-state index contributed by atoms with van der Waals surface area (Å²) in [6.45, 7) is 2.13. The van der Waals surface area contributed by atoms with E-state index in [9.17, 15) is 9.59 Å². The van der Waals surface area contributed by atoms with Crippen LogP contribution >= 0.6 is 23.4 Å². The molecule has 2 amide bonds. The van der Waals surface area contributed by atoms with Gasteiger partial charge in [-0.25, -0.2) is 5.01 Å². The molecule has 2 aliphatic rings. The van der Waals surface area contributed by atoms with Crippen molar-refractivity contribution < 1.29 is 9.59 Å². The van der Waals surface area contributed by atoms with Gasteiger partial charge in [0.1, 0.15) is 5.25 Å². The molecule has 2 aliphatic heterocycles. The Balaban J connectivity index is 1.35. The predicted molar refractivity (Wildman–Crippen MR) is 147 cm³/mol. The molecule has 1 N–H and O–H groups in total. The highest BCUT2D eigenvalue weighted by molar-refractivity contribution is 8.15. The van der Waals surface area contributed by atoms with Crippen LogP contribution in [0.5, 0.6) is 0 Å². The van der Waals surface area contributed by atoms with E-state index in [4.69, 9.17) is 16.7 Å². The minimum Gasteiger partial charge on any atom is -0.325 e. The molecular formula is C28H25ClN4O2S. The van der Waals surface area contributed by atoms with E-state index in [1.54, 1.807) is 24.3 Å². The second-order valence-corrected chi connectivity index (χ2v) is 10.2. The Hall–Kier alpha value is -3.42. The second-order valence-electron chi connectivity index (χ2n) is 8.64. The summed E-state index contributed by atoms with van der Waals surface area (Å²) >= 11 is 7.44. The maximum atomic E-state index is 12.8. The minimum absolute atomic E-state index is 0.000678. The van der Waals surface area contributed by atoms with E-state index in [0.29, 0.717) is 22.3 Å². The van der Waals surface area contributed by atoms with Crippen LogP contribution in [0.4, 0.5) is 5.69 Å². The number of aliphatic imine (C=N–C) groups is 1. The number of nitrogens with zero attached hydrogens (tertiary/aromatic N) is 3. The number of amides is 2. The summed E-state index contributed by atoms with van der Waals surface area (Å²) in [5.74, 6) is -0.611. The lowest BCUT2D eigenvalue weighted by molar-refractivity contribution is -0.121. The molecule has 6 nitrogen and oxygen atoms in total. The van der Waals surface area contributed by atoms with Crippen molar-refractivity contribution in [2.45, 2.75) is 37.5 Å². The van der Waals surface area contributed by atoms with Crippen LogP contribution in [0.15, 0.2) is 89.0 Å². The van der Waals surface area contributed by atoms with Gasteiger partial charge < -0.3 is 5.32 Å². The average Bonchev–Trinajstić information content (AvgIpc) is 3.50. The van der Waals surface area contributed by atoms with Gasteiger partial charge in [0.05, 0.1) is 22.5 Å². The summed E-state index contributed by atoms with van der Waals surface area (Å²) in [5, 5.41) is 9.89. The number of aryl methyl sites for hydroxylation is 1. The topological polar surface area (TPSA) is 74.1 Å². The third-order valence-electron chi connectivity index (χ3n) is 6.23. The van der Waals surface area contributed by atoms with Gasteiger partial charge in [0.15, 0.2) is 5.17 Å². The standard InChI is InChI=1S/C28H25ClN4O2S/c1-2-18-12-14-20(15-13-18)24-16-23(19-8-4-3-5-9-19)32-33(24)28-31-27(35)25(36-28)17-26(34)30-22-11-7-6-10-21(22)29/h3-15,24-25H,2,16-17H2,1H3,(H,30,34)/t24-,25+/m0/s1. The summed E-state index contributed by atoms with van der Waals surface area (Å²) in [5.41, 5.74) is 4.88. The smallest absolute Gasteiger partial charge is 0.262 e. The molecule has 0 saturated heterocycles. The number of amidine groups is 1. The maximum absolute atomic E-state index is 12.8. The van der Waals surface area contributed by atoms with E-state index in [1.165, 1.54) is 17.3 Å². The molecule has 8 heteroatoms. The van der Waals surface area contributed by atoms with E-state index in [1.807, 2.05) is 35.3 Å². The molecule has 0 bridgehead atoms. The van der Waals surface area contributed by atoms with E-state index in [2.05, 4.69) is 41.5 Å². The van der Waals surface area contributed by atoms with Gasteiger partial charge >= 0.3 is 0 Å². The molecule has 5 rings (SSSR count). The number of carbonyl (C=O) groups is 2. The van der Waals surface area contributed by atoms with Crippen LogP contribution in [0.2, 0.25) is 5.02 Å². The highest BCUT2D eigenvalue weighted by Crippen LogP contribution is 2.38. The van der Waals surface area contributed by atoms with Gasteiger partial charge in [-0.2, -0.15) is 10.1 Å². The molecule has 0 unspecified atom stereocenters. The van der Waals surface area contributed by atoms with Gasteiger partial charge in [0.25, 0.3) is 5.91 Å². The fraction of sp³-hybridized carbons (Fsp3) is 0.214. The van der Waals surface area contributed by atoms with Gasteiger partial charge in [-0.15, -0.1) is 0 Å². The fourth-order valence-electron chi connectivity index (χ4n) is 4.26. The molecule has 0 fully saturated rings. The molecule has 3 aromatic rings. The number of nitrogens with one attached hydrogen (secondary N) is 1. The molecule has 3 aromatic carbocycles. The third kappa shape index (κ3) is 5.22. The van der Waals surface area contributed by atoms with Crippen molar-refractivity contribution in [2.24, 2.45) is 10.1 Å². The van der Waals surface area contributed by atoms with Crippen molar-refractivity contribution in [1.82, 2.24) is 5.01 Å². The van der Waals surface area contributed by atoms with Gasteiger partial charge in [-0.3, -0.25) is 9.59 Å². The Kier molecular flexibility index (Phi) is 7.20. The van der Waals surface area contributed by atoms with Crippen LogP contribution in [0.1, 0.15) is 42.5 Å². The van der Waals surface area contributed by atoms with Crippen LogP contribution in [-0.4, -0.2) is 33.0 Å². The van der Waals surface area contributed by atoms with Crippen LogP contribution in [0.25, 0.3) is 0 Å². The first-order valence-corrected chi connectivity index (χ1v) is 13.1. The van der Waals surface area contributed by atoms with Crippen molar-refractivity contribution in [3.8, 4) is 0 Å². The molecule has 0 aliphatic carbocycles. The lowest BCUT2D eigenvalue weighted by atomic mass is 9.97. The first kappa shape index (κ1) is 24.3. The van der Waals surface area contributed by atoms with Gasteiger partial charge in [0.2, 0.25) is 5.91 Å². The van der Waals surface area contributed by atoms with Crippen molar-refractivity contribution in [2.75, 3.05) is 5.32 Å². The van der Waals surface area contributed by atoms with Crippen molar-refractivity contribution in [3.63, 3.8) is 0 Å². The van der Waals surface area contributed by atoms with Crippen molar-refractivity contribution in [1.29, 1.82) is 0 Å². The molecule has 2 atom stereocenters. The largest absolute Gasteiger partial charge is 0.325 e. The summed E-state index contributed by atoms with van der Waals surface area (Å²) < 4.78 is 0. The summed E-state index contributed by atoms with van der Waals surface area (Å²) in [6, 6.07) is 25.5. The van der Waals surface area contributed by atoms with E-state index in [0.717, 1.165) is 23.3 Å². The van der Waals surface area contributed by atoms with Crippen LogP contribution in [0.3, 0.4) is 0 Å². The Labute approximate surface area is 219 Å². The Morgan fingerprint density at radius 2 is 1.78 bits per heavy atom. The lowest BCUT2D eigenvalue weighted by Gasteiger charge is -2.23. The van der Waals surface area contributed by atoms with Gasteiger partial charge in [-0.1, -0.05) is 97.0 Å². The quantitative estimate of drug-likeness (QED) is 0.431. The molecule has 0 radical (unpaired) electrons. The highest BCUT2D eigenvalue weighted by Gasteiger charge is 2.39. The normalized spacial score (nSPS) is 19.3. The van der Waals surface area contributed by atoms with E-state index < -0.39 is 5.25 Å². The summed E-state index contributed by atoms with van der Waals surface area (Å²) in [4.78, 5) is 29.8. The number of anilines is 1. The van der Waals surface area contributed by atoms with Crippen LogP contribution in [-0.2, 0) is 16.0 Å². The molecule has 2 heterocycles. The Morgan fingerprint density at radius 1 is 1.06 bits per heavy atom. The third-order valence-corrected chi connectivity index (χ3v) is 7.71. The number of hydrogen-bond acceptors (Lipinski definition) is 5. The number of carbonyl (C=O) groups excluding carboxylic acids is 2. The SMILES string of the molecule is CCc1ccc([C@@H]2CC(c3ccccc3)=NN2C2=NC(=O)[C@@H](CC(=O)Nc3ccccc3Cl)S2)cc1. The Bertz CT molecular complexity index is 1340. The zero-order chi connectivity index (χ0) is 25.1. The molecule has 36 heavy (non-hydrogen) atoms. The molecule has 0 aromatic heterocycles. The first-order chi connectivity index (χ1) is 17.5. The van der Waals surface area contributed by atoms with Crippen molar-refractivity contribution in [3.05, 3.63) is 101 Å². The van der Waals surface area contributed by atoms with E-state index in [-0.39, 0.29) is 24.3 Å². The molecule has 0 spiro atoms. The number of thioether (sulfide) groups is 1. The zero-order valence-corrected chi connectivity index (χ0v) is 21.3. The number of hydrogen-bond donors (Lipinski definition) is 1. The Morgan fingerprint density at radius 3 is 2.50 bits per heavy atom. The number of halogens is 1. The number of hydrazone groups is 1. The average molecular weight is 517 g/mol. The van der Waals surface area contributed by atoms with Crippen molar-refractivity contribution >= 4 is 51.7 Å². The molecule has 0 saturated carbocycles. The number of benzene rings is 3. The van der Waals surface area contributed by atoms with Crippen LogP contribution < -0.4 is 5.32 Å². The van der Waals surface area contributed by atoms with Crippen LogP contribution in [0, 0.1) is 0 Å². The number of rotatable bonds is 6. The molecule has 182 valence electrons. The van der Waals surface area contributed by atoms with E-state index >= 15 is 0 Å². The zero-order valence-electron chi connectivity index (χ0n) is 19.7. The predicted octanol–water partition coefficient (Wildman–Crippen LogP) is 6.08. The highest BCUT2D eigenvalue weighted by atomic mass is 35.5. The lowest BCUT2D eigenvalue weighted by Crippen LogP contribution is -2.25. The monoisotopic (exact) mass is 516 g/mol. The van der Waals surface area contributed by atoms with Gasteiger partial charge in [0, 0.05) is 12.8 Å². The number of para-hydroxylation sites is 1. The molecular weight excluding hydrogens is 492 g/mol. The first-order valence-electron chi connectivity index (χ1n) is 11.9. The second kappa shape index (κ2) is 10.7. The summed E-state index contributed by atoms with van der Waals surface area (Å²) in [6.07, 6.45) is 1.66. The van der Waals surface area contributed by atoms with Gasteiger partial charge in [-0.05, 0) is 35.2 Å². The fourth-order valence-corrected chi connectivity index (χ4v) is 5.51. The maximum Gasteiger partial charge on any atom is 0.262 e.